The summed E-state index contributed by atoms with van der Waals surface area (Å²) in [6, 6.07) is 4.31. The fourth-order valence-corrected chi connectivity index (χ4v) is 3.22. The number of pyridine rings is 1. The molecule has 0 spiro atoms. The number of amides is 1. The average molecular weight is 401 g/mol. The number of carbonyl (C=O) groups excluding carboxylic acids is 1. The van der Waals surface area contributed by atoms with Crippen LogP contribution in [0.25, 0.3) is 11.7 Å². The first-order valence-corrected chi connectivity index (χ1v) is 10.3. The third-order valence-electron chi connectivity index (χ3n) is 4.94. The zero-order valence-electron chi connectivity index (χ0n) is 18.8. The van der Waals surface area contributed by atoms with E-state index in [1.165, 1.54) is 18.2 Å². The molecule has 0 saturated carbocycles. The van der Waals surface area contributed by atoms with Crippen LogP contribution in [0.3, 0.4) is 0 Å². The van der Waals surface area contributed by atoms with E-state index in [-0.39, 0.29) is 5.41 Å². The van der Waals surface area contributed by atoms with Gasteiger partial charge in [0.1, 0.15) is 5.65 Å². The minimum absolute atomic E-state index is 0.0789. The van der Waals surface area contributed by atoms with Crippen LogP contribution < -0.4 is 10.8 Å². The van der Waals surface area contributed by atoms with Crippen LogP contribution in [0.1, 0.15) is 78.3 Å². The fraction of sp³-hybridized carbons (Fsp3) is 0.565. The van der Waals surface area contributed by atoms with Crippen molar-refractivity contribution >= 4 is 17.6 Å². The minimum Gasteiger partial charge on any atom is -0.309 e. The molecule has 160 valence electrons. The molecule has 0 aliphatic heterocycles. The monoisotopic (exact) mass is 400 g/mol. The maximum atomic E-state index is 11.2. The standard InChI is InChI=1S/C23H36N4O2/c1-16(10-12-22(2,3)4)24-15-18-21(23(5,6)7)25-19-14-17(11-13-27(18)19)8-9-20(28)26-29/h8-9,11,13-14,16,24,29H,10,12,15H2,1-7H3,(H,26,28)/b9-8+. The van der Waals surface area contributed by atoms with Crippen molar-refractivity contribution in [3.05, 3.63) is 41.4 Å². The summed E-state index contributed by atoms with van der Waals surface area (Å²) in [5.74, 6) is -0.558. The van der Waals surface area contributed by atoms with Gasteiger partial charge in [0, 0.05) is 30.3 Å². The second-order valence-corrected chi connectivity index (χ2v) is 10.0. The normalized spacial score (nSPS) is 13.9. The number of carbonyl (C=O) groups is 1. The summed E-state index contributed by atoms with van der Waals surface area (Å²) in [6.45, 7) is 16.3. The van der Waals surface area contributed by atoms with Crippen molar-refractivity contribution in [2.45, 2.75) is 79.3 Å². The molecule has 0 aliphatic carbocycles. The number of aromatic nitrogens is 2. The van der Waals surface area contributed by atoms with E-state index in [9.17, 15) is 4.79 Å². The molecule has 3 N–H and O–H groups in total. The lowest BCUT2D eigenvalue weighted by molar-refractivity contribution is -0.124. The zero-order valence-corrected chi connectivity index (χ0v) is 18.8. The van der Waals surface area contributed by atoms with E-state index in [1.807, 2.05) is 18.3 Å². The van der Waals surface area contributed by atoms with E-state index >= 15 is 0 Å². The van der Waals surface area contributed by atoms with Gasteiger partial charge in [-0.25, -0.2) is 10.5 Å². The molecule has 0 bridgehead atoms. The molecule has 6 heteroatoms. The Labute approximate surface area is 174 Å². The number of nitrogens with zero attached hydrogens (tertiary/aromatic N) is 2. The van der Waals surface area contributed by atoms with Crippen LogP contribution in [0, 0.1) is 5.41 Å². The van der Waals surface area contributed by atoms with Crippen molar-refractivity contribution in [3.63, 3.8) is 0 Å². The van der Waals surface area contributed by atoms with Crippen LogP contribution in [0.15, 0.2) is 24.4 Å². The number of rotatable bonds is 7. The predicted octanol–water partition coefficient (Wildman–Crippen LogP) is 4.45. The number of nitrogens with one attached hydrogen (secondary N) is 2. The summed E-state index contributed by atoms with van der Waals surface area (Å²) < 4.78 is 2.12. The molecular formula is C23H36N4O2. The Hall–Kier alpha value is -2.18. The number of hydroxylamine groups is 1. The first-order valence-electron chi connectivity index (χ1n) is 10.3. The lowest BCUT2D eigenvalue weighted by Crippen LogP contribution is -2.29. The molecule has 0 saturated heterocycles. The molecule has 29 heavy (non-hydrogen) atoms. The predicted molar refractivity (Wildman–Crippen MR) is 118 cm³/mol. The van der Waals surface area contributed by atoms with E-state index in [1.54, 1.807) is 11.6 Å². The molecule has 0 aromatic carbocycles. The van der Waals surface area contributed by atoms with E-state index < -0.39 is 5.91 Å². The molecule has 1 atom stereocenters. The van der Waals surface area contributed by atoms with Gasteiger partial charge in [0.15, 0.2) is 0 Å². The molecule has 1 amide bonds. The Morgan fingerprint density at radius 2 is 1.97 bits per heavy atom. The first-order chi connectivity index (χ1) is 13.4. The van der Waals surface area contributed by atoms with E-state index in [2.05, 4.69) is 58.2 Å². The Bertz CT molecular complexity index is 869. The van der Waals surface area contributed by atoms with Crippen molar-refractivity contribution in [1.82, 2.24) is 20.2 Å². The number of imidazole rings is 1. The van der Waals surface area contributed by atoms with Crippen molar-refractivity contribution < 1.29 is 10.0 Å². The maximum absolute atomic E-state index is 11.2. The third-order valence-corrected chi connectivity index (χ3v) is 4.94. The lowest BCUT2D eigenvalue weighted by atomic mass is 9.89. The van der Waals surface area contributed by atoms with Crippen LogP contribution in [0.2, 0.25) is 0 Å². The summed E-state index contributed by atoms with van der Waals surface area (Å²) in [4.78, 5) is 16.1. The Kier molecular flexibility index (Phi) is 7.25. The van der Waals surface area contributed by atoms with Gasteiger partial charge in [-0.15, -0.1) is 0 Å². The summed E-state index contributed by atoms with van der Waals surface area (Å²) in [7, 11) is 0. The second kappa shape index (κ2) is 9.09. The quantitative estimate of drug-likeness (QED) is 0.364. The highest BCUT2D eigenvalue weighted by molar-refractivity contribution is 5.90. The Balaban J connectivity index is 2.27. The van der Waals surface area contributed by atoms with Gasteiger partial charge in [0.25, 0.3) is 5.91 Å². The van der Waals surface area contributed by atoms with Crippen LogP contribution in [0.5, 0.6) is 0 Å². The van der Waals surface area contributed by atoms with Gasteiger partial charge in [-0.3, -0.25) is 10.0 Å². The topological polar surface area (TPSA) is 78.7 Å². The SMILES string of the molecule is CC(CCC(C)(C)C)NCc1c(C(C)(C)C)nc2cc(/C=C/C(=O)NO)ccn12. The van der Waals surface area contributed by atoms with Gasteiger partial charge in [-0.1, -0.05) is 41.5 Å². The van der Waals surface area contributed by atoms with Crippen molar-refractivity contribution in [1.29, 1.82) is 0 Å². The van der Waals surface area contributed by atoms with Crippen LogP contribution in [0.4, 0.5) is 0 Å². The number of hydrogen-bond acceptors (Lipinski definition) is 4. The van der Waals surface area contributed by atoms with Gasteiger partial charge in [-0.2, -0.15) is 0 Å². The van der Waals surface area contributed by atoms with Crippen LogP contribution in [-0.2, 0) is 16.8 Å². The minimum atomic E-state index is -0.558. The number of fused-ring (bicyclic) bond motifs is 1. The van der Waals surface area contributed by atoms with Crippen molar-refractivity contribution in [2.75, 3.05) is 0 Å². The fourth-order valence-electron chi connectivity index (χ4n) is 3.22. The maximum Gasteiger partial charge on any atom is 0.267 e. The molecule has 6 nitrogen and oxygen atoms in total. The van der Waals surface area contributed by atoms with Gasteiger partial charge in [0.2, 0.25) is 0 Å². The molecule has 0 radical (unpaired) electrons. The Morgan fingerprint density at radius 3 is 2.55 bits per heavy atom. The van der Waals surface area contributed by atoms with Gasteiger partial charge in [-0.05, 0) is 49.0 Å². The summed E-state index contributed by atoms with van der Waals surface area (Å²) in [5.41, 5.74) is 5.79. The molecular weight excluding hydrogens is 364 g/mol. The van der Waals surface area contributed by atoms with E-state index in [0.717, 1.165) is 29.9 Å². The largest absolute Gasteiger partial charge is 0.309 e. The van der Waals surface area contributed by atoms with Crippen LogP contribution >= 0.6 is 0 Å². The van der Waals surface area contributed by atoms with Crippen molar-refractivity contribution in [3.8, 4) is 0 Å². The molecule has 2 rings (SSSR count). The molecule has 0 fully saturated rings. The number of hydrogen-bond donors (Lipinski definition) is 3. The molecule has 2 aromatic heterocycles. The summed E-state index contributed by atoms with van der Waals surface area (Å²) in [6.07, 6.45) is 7.25. The van der Waals surface area contributed by atoms with Crippen molar-refractivity contribution in [2.24, 2.45) is 5.41 Å². The smallest absolute Gasteiger partial charge is 0.267 e. The summed E-state index contributed by atoms with van der Waals surface area (Å²) in [5, 5.41) is 12.3. The molecule has 1 unspecified atom stereocenters. The lowest BCUT2D eigenvalue weighted by Gasteiger charge is -2.23. The highest BCUT2D eigenvalue weighted by Crippen LogP contribution is 2.27. The van der Waals surface area contributed by atoms with Gasteiger partial charge >= 0.3 is 0 Å². The average Bonchev–Trinajstić information content (AvgIpc) is 3.00. The highest BCUT2D eigenvalue weighted by Gasteiger charge is 2.24. The third kappa shape index (κ3) is 6.68. The summed E-state index contributed by atoms with van der Waals surface area (Å²) >= 11 is 0. The molecule has 2 heterocycles. The zero-order chi connectivity index (χ0) is 21.8. The Morgan fingerprint density at radius 1 is 1.28 bits per heavy atom. The van der Waals surface area contributed by atoms with Gasteiger partial charge in [0.05, 0.1) is 11.4 Å². The van der Waals surface area contributed by atoms with Gasteiger partial charge < -0.3 is 9.72 Å². The van der Waals surface area contributed by atoms with E-state index in [4.69, 9.17) is 10.2 Å². The van der Waals surface area contributed by atoms with Crippen LogP contribution in [-0.4, -0.2) is 26.5 Å². The molecule has 0 aliphatic rings. The highest BCUT2D eigenvalue weighted by atomic mass is 16.5. The molecule has 2 aromatic rings. The van der Waals surface area contributed by atoms with E-state index in [0.29, 0.717) is 11.5 Å². The second-order valence-electron chi connectivity index (χ2n) is 10.0. The first kappa shape index (κ1) is 23.1.